The van der Waals surface area contributed by atoms with Crippen molar-refractivity contribution in [3.05, 3.63) is 63.1 Å². The van der Waals surface area contributed by atoms with Crippen LogP contribution < -0.4 is 10.2 Å². The van der Waals surface area contributed by atoms with E-state index in [-0.39, 0.29) is 6.61 Å². The van der Waals surface area contributed by atoms with Gasteiger partial charge in [-0.25, -0.2) is 5.43 Å². The highest BCUT2D eigenvalue weighted by atomic mass is 79.9. The second kappa shape index (κ2) is 8.32. The molecule has 0 aliphatic rings. The number of ether oxygens (including phenoxy) is 1. The normalized spacial score (nSPS) is 10.3. The van der Waals surface area contributed by atoms with E-state index in [1.54, 1.807) is 42.5 Å². The number of amides is 1. The Bertz CT molecular complexity index is 770. The largest absolute Gasteiger partial charge is 0.482 e. The molecule has 2 aromatic rings. The second-order valence-corrected chi connectivity index (χ2v) is 5.71. The average Bonchev–Trinajstić information content (AvgIpc) is 2.54. The Labute approximate surface area is 146 Å². The molecule has 23 heavy (non-hydrogen) atoms. The molecule has 0 unspecified atom stereocenters. The number of hydrogen-bond acceptors (Lipinski definition) is 4. The highest BCUT2D eigenvalue weighted by Gasteiger charge is 2.05. The van der Waals surface area contributed by atoms with Crippen LogP contribution in [0.15, 0.2) is 52.0 Å². The molecule has 0 saturated carbocycles. The zero-order valence-corrected chi connectivity index (χ0v) is 14.1. The van der Waals surface area contributed by atoms with Crippen molar-refractivity contribution in [2.75, 3.05) is 6.61 Å². The maximum atomic E-state index is 11.6. The number of nitriles is 1. The molecule has 2 rings (SSSR count). The molecule has 0 bridgehead atoms. The van der Waals surface area contributed by atoms with Crippen LogP contribution in [0.5, 0.6) is 5.75 Å². The van der Waals surface area contributed by atoms with E-state index in [0.717, 1.165) is 10.0 Å². The molecule has 2 aromatic carbocycles. The van der Waals surface area contributed by atoms with Gasteiger partial charge in [0.2, 0.25) is 0 Å². The molecule has 0 radical (unpaired) electrons. The van der Waals surface area contributed by atoms with Crippen LogP contribution in [0.4, 0.5) is 0 Å². The van der Waals surface area contributed by atoms with Crippen LogP contribution >= 0.6 is 27.5 Å². The first-order valence-electron chi connectivity index (χ1n) is 6.48. The maximum absolute atomic E-state index is 11.6. The Morgan fingerprint density at radius 1 is 1.35 bits per heavy atom. The number of nitrogens with zero attached hydrogens (tertiary/aromatic N) is 2. The standard InChI is InChI=1S/C16H11BrClN3O2/c17-13-5-6-15(14(18)7-13)23-10-16(22)21-20-9-12-3-1-11(8-19)2-4-12/h1-7,9H,10H2,(H,21,22). The molecule has 0 fully saturated rings. The first-order chi connectivity index (χ1) is 11.1. The Kier molecular flexibility index (Phi) is 6.15. The van der Waals surface area contributed by atoms with Gasteiger partial charge in [-0.15, -0.1) is 0 Å². The van der Waals surface area contributed by atoms with Crippen molar-refractivity contribution >= 4 is 39.7 Å². The van der Waals surface area contributed by atoms with Gasteiger partial charge in [-0.3, -0.25) is 4.79 Å². The maximum Gasteiger partial charge on any atom is 0.277 e. The summed E-state index contributed by atoms with van der Waals surface area (Å²) < 4.78 is 6.14. The van der Waals surface area contributed by atoms with Crippen LogP contribution in [-0.4, -0.2) is 18.7 Å². The number of hydrogen-bond donors (Lipinski definition) is 1. The molecule has 0 aliphatic heterocycles. The van der Waals surface area contributed by atoms with Crippen molar-refractivity contribution < 1.29 is 9.53 Å². The lowest BCUT2D eigenvalue weighted by Crippen LogP contribution is -2.24. The molecule has 1 amide bonds. The minimum Gasteiger partial charge on any atom is -0.482 e. The van der Waals surface area contributed by atoms with Crippen molar-refractivity contribution in [2.45, 2.75) is 0 Å². The van der Waals surface area contributed by atoms with E-state index >= 15 is 0 Å². The molecule has 1 N–H and O–H groups in total. The molecule has 0 atom stereocenters. The summed E-state index contributed by atoms with van der Waals surface area (Å²) in [5.74, 6) is 0.00923. The fraction of sp³-hybridized carbons (Fsp3) is 0.0625. The van der Waals surface area contributed by atoms with Crippen LogP contribution in [0.25, 0.3) is 0 Å². The smallest absolute Gasteiger partial charge is 0.277 e. The number of benzene rings is 2. The summed E-state index contributed by atoms with van der Waals surface area (Å²) in [6.45, 7) is -0.202. The second-order valence-electron chi connectivity index (χ2n) is 4.39. The predicted molar refractivity (Wildman–Crippen MR) is 91.5 cm³/mol. The number of nitrogens with one attached hydrogen (secondary N) is 1. The van der Waals surface area contributed by atoms with Gasteiger partial charge in [-0.1, -0.05) is 39.7 Å². The summed E-state index contributed by atoms with van der Waals surface area (Å²) in [7, 11) is 0. The quantitative estimate of drug-likeness (QED) is 0.625. The van der Waals surface area contributed by atoms with Gasteiger partial charge in [-0.05, 0) is 35.9 Å². The van der Waals surface area contributed by atoms with Crippen molar-refractivity contribution in [1.82, 2.24) is 5.43 Å². The van der Waals surface area contributed by atoms with Crippen molar-refractivity contribution in [1.29, 1.82) is 5.26 Å². The monoisotopic (exact) mass is 391 g/mol. The van der Waals surface area contributed by atoms with E-state index in [9.17, 15) is 4.79 Å². The van der Waals surface area contributed by atoms with Crippen molar-refractivity contribution in [3.8, 4) is 11.8 Å². The Morgan fingerprint density at radius 2 is 2.09 bits per heavy atom. The molecular weight excluding hydrogens is 382 g/mol. The van der Waals surface area contributed by atoms with Gasteiger partial charge in [0.15, 0.2) is 6.61 Å². The van der Waals surface area contributed by atoms with Gasteiger partial charge in [0.05, 0.1) is 22.9 Å². The molecule has 0 heterocycles. The van der Waals surface area contributed by atoms with Gasteiger partial charge >= 0.3 is 0 Å². The molecule has 0 aromatic heterocycles. The Hall–Kier alpha value is -2.36. The van der Waals surface area contributed by atoms with Crippen LogP contribution in [-0.2, 0) is 4.79 Å². The summed E-state index contributed by atoms with van der Waals surface area (Å²) in [6, 6.07) is 13.9. The van der Waals surface area contributed by atoms with E-state index in [1.807, 2.05) is 6.07 Å². The van der Waals surface area contributed by atoms with Gasteiger partial charge in [0.1, 0.15) is 5.75 Å². The fourth-order valence-electron chi connectivity index (χ4n) is 1.59. The van der Waals surface area contributed by atoms with E-state index in [1.165, 1.54) is 6.21 Å². The number of halogens is 2. The van der Waals surface area contributed by atoms with Crippen LogP contribution in [0.1, 0.15) is 11.1 Å². The minimum atomic E-state index is -0.408. The Morgan fingerprint density at radius 3 is 2.74 bits per heavy atom. The summed E-state index contributed by atoms with van der Waals surface area (Å²) in [4.78, 5) is 11.6. The average molecular weight is 393 g/mol. The molecule has 0 saturated heterocycles. The molecule has 0 aliphatic carbocycles. The molecule has 5 nitrogen and oxygen atoms in total. The van der Waals surface area contributed by atoms with Gasteiger partial charge in [0.25, 0.3) is 5.91 Å². The third-order valence-corrected chi connectivity index (χ3v) is 3.48. The van der Waals surface area contributed by atoms with E-state index in [4.69, 9.17) is 21.6 Å². The lowest BCUT2D eigenvalue weighted by Gasteiger charge is -2.07. The summed E-state index contributed by atoms with van der Waals surface area (Å²) >= 11 is 9.27. The highest BCUT2D eigenvalue weighted by Crippen LogP contribution is 2.27. The number of rotatable bonds is 5. The SMILES string of the molecule is N#Cc1ccc(C=NNC(=O)COc2ccc(Br)cc2Cl)cc1. The van der Waals surface area contributed by atoms with Crippen LogP contribution in [0, 0.1) is 11.3 Å². The van der Waals surface area contributed by atoms with Crippen LogP contribution in [0.2, 0.25) is 5.02 Å². The zero-order chi connectivity index (χ0) is 16.7. The van der Waals surface area contributed by atoms with Crippen molar-refractivity contribution in [3.63, 3.8) is 0 Å². The van der Waals surface area contributed by atoms with Gasteiger partial charge in [-0.2, -0.15) is 10.4 Å². The third kappa shape index (κ3) is 5.40. The Balaban J connectivity index is 1.82. The van der Waals surface area contributed by atoms with Crippen molar-refractivity contribution in [2.24, 2.45) is 5.10 Å². The molecule has 7 heteroatoms. The fourth-order valence-corrected chi connectivity index (χ4v) is 2.32. The lowest BCUT2D eigenvalue weighted by molar-refractivity contribution is -0.123. The number of hydrazone groups is 1. The summed E-state index contributed by atoms with van der Waals surface area (Å²) in [5.41, 5.74) is 3.68. The summed E-state index contributed by atoms with van der Waals surface area (Å²) in [6.07, 6.45) is 1.48. The van der Waals surface area contributed by atoms with Crippen LogP contribution in [0.3, 0.4) is 0 Å². The van der Waals surface area contributed by atoms with E-state index < -0.39 is 5.91 Å². The first-order valence-corrected chi connectivity index (χ1v) is 7.65. The molecular formula is C16H11BrClN3O2. The summed E-state index contributed by atoms with van der Waals surface area (Å²) in [5, 5.41) is 12.9. The van der Waals surface area contributed by atoms with Gasteiger partial charge in [0, 0.05) is 4.47 Å². The number of carbonyl (C=O) groups is 1. The lowest BCUT2D eigenvalue weighted by atomic mass is 10.2. The van der Waals surface area contributed by atoms with E-state index in [2.05, 4.69) is 26.5 Å². The first kappa shape index (κ1) is 17.0. The minimum absolute atomic E-state index is 0.202. The zero-order valence-electron chi connectivity index (χ0n) is 11.8. The van der Waals surface area contributed by atoms with Gasteiger partial charge < -0.3 is 4.74 Å². The highest BCUT2D eigenvalue weighted by molar-refractivity contribution is 9.10. The molecule has 116 valence electrons. The molecule has 0 spiro atoms. The third-order valence-electron chi connectivity index (χ3n) is 2.70. The number of carbonyl (C=O) groups excluding carboxylic acids is 1. The topological polar surface area (TPSA) is 74.5 Å². The predicted octanol–water partition coefficient (Wildman–Crippen LogP) is 3.50. The van der Waals surface area contributed by atoms with E-state index in [0.29, 0.717) is 16.3 Å².